The highest BCUT2D eigenvalue weighted by Crippen LogP contribution is 2.35. The second-order valence-corrected chi connectivity index (χ2v) is 18.8. The first kappa shape index (κ1) is 37.5. The molecule has 9 rings (SSSR count). The zero-order valence-corrected chi connectivity index (χ0v) is 32.1. The molecule has 0 spiro atoms. The number of aromatic amines is 2. The lowest BCUT2D eigenvalue weighted by molar-refractivity contribution is 0.212. The van der Waals surface area contributed by atoms with Crippen LogP contribution in [-0.4, -0.2) is 106 Å². The van der Waals surface area contributed by atoms with Gasteiger partial charge in [0.2, 0.25) is 20.0 Å². The lowest BCUT2D eigenvalue weighted by atomic mass is 10.1. The van der Waals surface area contributed by atoms with Crippen molar-refractivity contribution in [3.63, 3.8) is 0 Å². The molecule has 6 heterocycles. The average molecular weight is 795 g/mol. The van der Waals surface area contributed by atoms with Crippen molar-refractivity contribution in [1.82, 2.24) is 38.1 Å². The lowest BCUT2D eigenvalue weighted by Gasteiger charge is -2.31. The van der Waals surface area contributed by atoms with E-state index in [-0.39, 0.29) is 41.3 Å². The second kappa shape index (κ2) is 15.3. The van der Waals surface area contributed by atoms with Crippen LogP contribution in [0.4, 0.5) is 8.78 Å². The average Bonchev–Trinajstić information content (AvgIpc) is 3.51. The molecule has 4 aromatic heterocycles. The Bertz CT molecular complexity index is 2510. The first-order valence-corrected chi connectivity index (χ1v) is 21.7. The normalized spacial score (nSPS) is 18.2. The van der Waals surface area contributed by atoms with E-state index in [1.54, 1.807) is 26.9 Å². The van der Waals surface area contributed by atoms with E-state index in [1.807, 2.05) is 40.3 Å². The Labute approximate surface area is 318 Å². The number of rotatable bonds is 10. The van der Waals surface area contributed by atoms with Crippen molar-refractivity contribution in [2.45, 2.75) is 55.9 Å². The van der Waals surface area contributed by atoms with Crippen molar-refractivity contribution in [3.8, 4) is 22.3 Å². The molecule has 2 N–H and O–H groups in total. The number of benzene rings is 2. The van der Waals surface area contributed by atoms with E-state index < -0.39 is 20.0 Å². The van der Waals surface area contributed by atoms with Crippen molar-refractivity contribution >= 4 is 41.9 Å². The summed E-state index contributed by atoms with van der Waals surface area (Å²) in [4.78, 5) is 6.20. The van der Waals surface area contributed by atoms with Gasteiger partial charge in [-0.3, -0.25) is 9.36 Å². The highest BCUT2D eigenvalue weighted by Gasteiger charge is 2.41. The Balaban J connectivity index is 0.000000155. The molecule has 55 heavy (non-hydrogen) atoms. The summed E-state index contributed by atoms with van der Waals surface area (Å²) in [7, 11) is -4.85. The number of ether oxygens (including phenoxy) is 1. The highest BCUT2D eigenvalue weighted by atomic mass is 32.2. The maximum Gasteiger partial charge on any atom is 0.216 e. The molecule has 0 bridgehead atoms. The van der Waals surface area contributed by atoms with Gasteiger partial charge in [0, 0.05) is 102 Å². The Morgan fingerprint density at radius 1 is 0.709 bits per heavy atom. The van der Waals surface area contributed by atoms with Gasteiger partial charge in [-0.2, -0.15) is 10.2 Å². The smallest absolute Gasteiger partial charge is 0.216 e. The second-order valence-electron chi connectivity index (χ2n) is 14.5. The minimum Gasteiger partial charge on any atom is -0.384 e. The lowest BCUT2D eigenvalue weighted by Crippen LogP contribution is -2.41. The zero-order chi connectivity index (χ0) is 38.3. The van der Waals surface area contributed by atoms with Crippen molar-refractivity contribution in [2.24, 2.45) is 0 Å². The monoisotopic (exact) mass is 794 g/mol. The number of hydrogen-bond acceptors (Lipinski definition) is 7. The molecule has 0 amide bonds. The molecule has 13 nitrogen and oxygen atoms in total. The van der Waals surface area contributed by atoms with Gasteiger partial charge >= 0.3 is 0 Å². The van der Waals surface area contributed by atoms with Gasteiger partial charge in [-0.15, -0.1) is 0 Å². The van der Waals surface area contributed by atoms with Crippen LogP contribution in [0.15, 0.2) is 73.6 Å². The van der Waals surface area contributed by atoms with Crippen LogP contribution in [0.5, 0.6) is 0 Å². The highest BCUT2D eigenvalue weighted by molar-refractivity contribution is 7.90. The number of methoxy groups -OCH3 is 1. The van der Waals surface area contributed by atoms with Gasteiger partial charge in [-0.1, -0.05) is 0 Å². The Kier molecular flexibility index (Phi) is 10.4. The third kappa shape index (κ3) is 7.85. The van der Waals surface area contributed by atoms with E-state index >= 15 is 0 Å². The van der Waals surface area contributed by atoms with Gasteiger partial charge in [0.15, 0.2) is 0 Å². The van der Waals surface area contributed by atoms with Crippen molar-refractivity contribution in [1.29, 1.82) is 0 Å². The largest absolute Gasteiger partial charge is 0.384 e. The SMILES string of the molecule is COCCS(=O)(=O)N1CCC(n2cc(-c3c[nH]c4cc(F)ccc34)cn2)CC1.O=S(=O)(C1CC1)N1CCC(n2cc(-c3c[nH]c4cc(F)ccc34)cn2)CC1. The summed E-state index contributed by atoms with van der Waals surface area (Å²) < 4.78 is 88.0. The number of nitrogens with one attached hydrogen (secondary N) is 2. The Hall–Kier alpha value is -4.42. The molecule has 0 unspecified atom stereocenters. The molecule has 2 aromatic carbocycles. The number of aromatic nitrogens is 6. The molecule has 1 saturated carbocycles. The maximum absolute atomic E-state index is 13.4. The maximum atomic E-state index is 13.4. The van der Waals surface area contributed by atoms with E-state index in [2.05, 4.69) is 20.2 Å². The molecular formula is C38H44F2N8O5S2. The fraction of sp³-hybridized carbons (Fsp3) is 0.421. The third-order valence-corrected chi connectivity index (χ3v) is 15.2. The number of sulfonamides is 2. The van der Waals surface area contributed by atoms with E-state index in [9.17, 15) is 25.6 Å². The topological polar surface area (TPSA) is 151 Å². The first-order valence-electron chi connectivity index (χ1n) is 18.6. The van der Waals surface area contributed by atoms with Gasteiger partial charge in [0.05, 0.1) is 42.1 Å². The Morgan fingerprint density at radius 2 is 1.18 bits per heavy atom. The predicted molar refractivity (Wildman–Crippen MR) is 206 cm³/mol. The van der Waals surface area contributed by atoms with Gasteiger partial charge in [-0.25, -0.2) is 34.2 Å². The molecule has 3 aliphatic rings. The van der Waals surface area contributed by atoms with E-state index in [0.717, 1.165) is 69.7 Å². The minimum absolute atomic E-state index is 0.0151. The predicted octanol–water partition coefficient (Wildman–Crippen LogP) is 6.08. The number of halogens is 2. The summed E-state index contributed by atoms with van der Waals surface area (Å²) in [5, 5.41) is 10.8. The molecule has 1 aliphatic carbocycles. The summed E-state index contributed by atoms with van der Waals surface area (Å²) >= 11 is 0. The molecule has 0 atom stereocenters. The van der Waals surface area contributed by atoms with Crippen molar-refractivity contribution < 1.29 is 30.4 Å². The van der Waals surface area contributed by atoms with Crippen LogP contribution < -0.4 is 0 Å². The number of piperidine rings is 2. The minimum atomic E-state index is -3.27. The molecule has 2 saturated heterocycles. The molecule has 292 valence electrons. The summed E-state index contributed by atoms with van der Waals surface area (Å²) in [6.07, 6.45) is 15.9. The van der Waals surface area contributed by atoms with E-state index in [4.69, 9.17) is 4.74 Å². The molecule has 0 radical (unpaired) electrons. The van der Waals surface area contributed by atoms with Crippen LogP contribution >= 0.6 is 0 Å². The summed E-state index contributed by atoms with van der Waals surface area (Å²) in [5.74, 6) is -0.523. The van der Waals surface area contributed by atoms with Gasteiger partial charge in [0.1, 0.15) is 11.6 Å². The molecule has 6 aromatic rings. The zero-order valence-electron chi connectivity index (χ0n) is 30.4. The molecule has 17 heteroatoms. The van der Waals surface area contributed by atoms with Crippen LogP contribution in [0.2, 0.25) is 0 Å². The van der Waals surface area contributed by atoms with Crippen LogP contribution in [0.3, 0.4) is 0 Å². The van der Waals surface area contributed by atoms with Gasteiger partial charge < -0.3 is 14.7 Å². The number of H-pyrrole nitrogens is 2. The van der Waals surface area contributed by atoms with Crippen LogP contribution in [0, 0.1) is 11.6 Å². The fourth-order valence-corrected chi connectivity index (χ4v) is 10.9. The van der Waals surface area contributed by atoms with Crippen LogP contribution in [0.25, 0.3) is 44.1 Å². The fourth-order valence-electron chi connectivity index (χ4n) is 7.67. The number of fused-ring (bicyclic) bond motifs is 2. The summed E-state index contributed by atoms with van der Waals surface area (Å²) in [6.45, 7) is 2.30. The first-order chi connectivity index (χ1) is 26.5. The summed E-state index contributed by atoms with van der Waals surface area (Å²) in [6, 6.07) is 9.76. The van der Waals surface area contributed by atoms with Crippen LogP contribution in [-0.2, 0) is 24.8 Å². The quantitative estimate of drug-likeness (QED) is 0.171. The Morgan fingerprint density at radius 3 is 1.64 bits per heavy atom. The van der Waals surface area contributed by atoms with E-state index in [0.29, 0.717) is 39.0 Å². The standard InChI is InChI=1S/C19H23FN4O3S.C19H21FN4O2S/c1-27-8-9-28(25,26)23-6-4-16(5-7-23)24-13-14(11-22-24)18-12-21-19-10-15(20)2-3-17(18)19;20-14-1-4-17-18(11-21-19(17)9-14)13-10-22-24(12-13)15-5-7-23(8-6-15)27(25,26)16-2-3-16/h2-3,10-13,16,21H,4-9H2,1H3;1,4,9-12,15-16,21H,2-3,5-8H2. The molecular weight excluding hydrogens is 751 g/mol. The third-order valence-electron chi connectivity index (χ3n) is 11.0. The number of nitrogens with zero attached hydrogens (tertiary/aromatic N) is 6. The molecule has 2 aliphatic heterocycles. The van der Waals surface area contributed by atoms with E-state index in [1.165, 1.54) is 31.4 Å². The van der Waals surface area contributed by atoms with Gasteiger partial charge in [0.25, 0.3) is 0 Å². The van der Waals surface area contributed by atoms with Crippen molar-refractivity contribution in [3.05, 3.63) is 85.2 Å². The van der Waals surface area contributed by atoms with Crippen molar-refractivity contribution in [2.75, 3.05) is 45.6 Å². The van der Waals surface area contributed by atoms with Crippen LogP contribution in [0.1, 0.15) is 50.6 Å². The molecule has 3 fully saturated rings. The summed E-state index contributed by atoms with van der Waals surface area (Å²) in [5.41, 5.74) is 5.40. The number of hydrogen-bond donors (Lipinski definition) is 2. The van der Waals surface area contributed by atoms with Gasteiger partial charge in [-0.05, 0) is 74.9 Å².